The maximum atomic E-state index is 13.2. The fourth-order valence-corrected chi connectivity index (χ4v) is 5.19. The molecule has 0 unspecified atom stereocenters. The quantitative estimate of drug-likeness (QED) is 0.613. The third-order valence-corrected chi connectivity index (χ3v) is 7.37. The Morgan fingerprint density at radius 3 is 2.45 bits per heavy atom. The van der Waals surface area contributed by atoms with E-state index in [1.165, 1.54) is 10.5 Å². The van der Waals surface area contributed by atoms with Crippen molar-refractivity contribution in [3.8, 4) is 11.3 Å². The lowest BCUT2D eigenvalue weighted by Crippen LogP contribution is -2.38. The number of nitrogens with zero attached hydrogens (tertiary/aromatic N) is 6. The Hall–Kier alpha value is -2.98. The molecule has 0 bridgehead atoms. The van der Waals surface area contributed by atoms with Gasteiger partial charge in [-0.25, -0.2) is 13.4 Å². The molecule has 0 aliphatic carbocycles. The molecule has 3 aromatic rings. The van der Waals surface area contributed by atoms with Gasteiger partial charge in [-0.3, -0.25) is 9.48 Å². The van der Waals surface area contributed by atoms with Crippen LogP contribution in [0.15, 0.2) is 47.6 Å². The highest BCUT2D eigenvalue weighted by Gasteiger charge is 2.31. The van der Waals surface area contributed by atoms with Crippen LogP contribution in [0.5, 0.6) is 0 Å². The summed E-state index contributed by atoms with van der Waals surface area (Å²) in [6.45, 7) is 3.14. The first kappa shape index (κ1) is 21.3. The summed E-state index contributed by atoms with van der Waals surface area (Å²) in [5, 5.41) is 4.52. The van der Waals surface area contributed by atoms with Crippen molar-refractivity contribution in [3.05, 3.63) is 54.1 Å². The van der Waals surface area contributed by atoms with Crippen molar-refractivity contribution >= 4 is 15.9 Å². The number of hydrogen-bond donors (Lipinski definition) is 0. The lowest BCUT2D eigenvalue weighted by atomic mass is 10.1. The molecule has 1 saturated heterocycles. The predicted octanol–water partition coefficient (Wildman–Crippen LogP) is 1.67. The molecule has 1 aromatic carbocycles. The van der Waals surface area contributed by atoms with Gasteiger partial charge in [0.25, 0.3) is 15.9 Å². The molecule has 3 heterocycles. The Balaban J connectivity index is 1.50. The van der Waals surface area contributed by atoms with Crippen molar-refractivity contribution in [2.24, 2.45) is 14.1 Å². The minimum absolute atomic E-state index is 0.0476. The number of rotatable bonds is 4. The van der Waals surface area contributed by atoms with Crippen molar-refractivity contribution < 1.29 is 13.2 Å². The van der Waals surface area contributed by atoms with E-state index in [4.69, 9.17) is 0 Å². The Labute approximate surface area is 182 Å². The van der Waals surface area contributed by atoms with Gasteiger partial charge in [0.1, 0.15) is 11.5 Å². The SMILES string of the molecule is Cc1nc(S(=O)(=O)N2CCCN(C(=O)c3cc(-c4ccccc4)nn3C)CC2)cn1C. The standard InChI is InChI=1S/C21H26N6O3S/c1-16-22-20(15-24(16)2)31(29,30)27-11-7-10-26(12-13-27)21(28)19-14-18(23-25(19)3)17-8-5-4-6-9-17/h4-6,8-9,14-15H,7,10-13H2,1-3H3. The summed E-state index contributed by atoms with van der Waals surface area (Å²) in [6.07, 6.45) is 2.08. The van der Waals surface area contributed by atoms with E-state index >= 15 is 0 Å². The molecule has 1 aliphatic rings. The highest BCUT2D eigenvalue weighted by atomic mass is 32.2. The predicted molar refractivity (Wildman–Crippen MR) is 116 cm³/mol. The van der Waals surface area contributed by atoms with Crippen LogP contribution < -0.4 is 0 Å². The van der Waals surface area contributed by atoms with Crippen molar-refractivity contribution in [1.82, 2.24) is 28.5 Å². The van der Waals surface area contributed by atoms with Gasteiger partial charge in [-0.2, -0.15) is 9.40 Å². The first-order valence-corrected chi connectivity index (χ1v) is 11.6. The summed E-state index contributed by atoms with van der Waals surface area (Å²) in [4.78, 5) is 19.0. The van der Waals surface area contributed by atoms with Gasteiger partial charge in [0, 0.05) is 52.0 Å². The van der Waals surface area contributed by atoms with Crippen LogP contribution in [0.3, 0.4) is 0 Å². The van der Waals surface area contributed by atoms with Crippen LogP contribution in [0.4, 0.5) is 0 Å². The maximum Gasteiger partial charge on any atom is 0.272 e. The van der Waals surface area contributed by atoms with E-state index in [9.17, 15) is 13.2 Å². The molecule has 1 amide bonds. The molecule has 0 atom stereocenters. The third kappa shape index (κ3) is 4.13. The summed E-state index contributed by atoms with van der Waals surface area (Å²) in [5.41, 5.74) is 2.16. The van der Waals surface area contributed by atoms with Gasteiger partial charge in [0.05, 0.1) is 5.69 Å². The molecule has 164 valence electrons. The summed E-state index contributed by atoms with van der Waals surface area (Å²) in [6, 6.07) is 11.5. The molecular weight excluding hydrogens is 416 g/mol. The Kier molecular flexibility index (Phi) is 5.67. The minimum atomic E-state index is -3.70. The molecule has 0 N–H and O–H groups in total. The molecule has 4 rings (SSSR count). The van der Waals surface area contributed by atoms with E-state index in [1.54, 1.807) is 41.2 Å². The molecule has 0 spiro atoms. The number of hydrogen-bond acceptors (Lipinski definition) is 5. The zero-order valence-electron chi connectivity index (χ0n) is 17.9. The highest BCUT2D eigenvalue weighted by Crippen LogP contribution is 2.21. The van der Waals surface area contributed by atoms with Gasteiger partial charge in [0.15, 0.2) is 5.03 Å². The molecule has 1 fully saturated rings. The lowest BCUT2D eigenvalue weighted by molar-refractivity contribution is 0.0753. The van der Waals surface area contributed by atoms with E-state index in [0.29, 0.717) is 37.6 Å². The van der Waals surface area contributed by atoms with Crippen molar-refractivity contribution in [2.75, 3.05) is 26.2 Å². The number of aromatic nitrogens is 4. The molecule has 0 radical (unpaired) electrons. The summed E-state index contributed by atoms with van der Waals surface area (Å²) >= 11 is 0. The van der Waals surface area contributed by atoms with Gasteiger partial charge in [-0.15, -0.1) is 0 Å². The number of aryl methyl sites for hydroxylation is 3. The molecule has 10 heteroatoms. The topological polar surface area (TPSA) is 93.3 Å². The fraction of sp³-hybridized carbons (Fsp3) is 0.381. The van der Waals surface area contributed by atoms with E-state index < -0.39 is 10.0 Å². The smallest absolute Gasteiger partial charge is 0.272 e. The zero-order valence-corrected chi connectivity index (χ0v) is 18.7. The van der Waals surface area contributed by atoms with Crippen LogP contribution >= 0.6 is 0 Å². The van der Waals surface area contributed by atoms with Crippen LogP contribution in [0.1, 0.15) is 22.7 Å². The first-order valence-electron chi connectivity index (χ1n) is 10.2. The number of carbonyl (C=O) groups is 1. The van der Waals surface area contributed by atoms with Crippen molar-refractivity contribution in [1.29, 1.82) is 0 Å². The van der Waals surface area contributed by atoms with E-state index in [-0.39, 0.29) is 17.5 Å². The van der Waals surface area contributed by atoms with Crippen LogP contribution in [0, 0.1) is 6.92 Å². The van der Waals surface area contributed by atoms with Gasteiger partial charge in [0.2, 0.25) is 0 Å². The zero-order chi connectivity index (χ0) is 22.2. The summed E-state index contributed by atoms with van der Waals surface area (Å²) < 4.78 is 30.7. The highest BCUT2D eigenvalue weighted by molar-refractivity contribution is 7.89. The third-order valence-electron chi connectivity index (χ3n) is 5.60. The van der Waals surface area contributed by atoms with E-state index in [1.807, 2.05) is 30.3 Å². The molecule has 31 heavy (non-hydrogen) atoms. The number of sulfonamides is 1. The molecular formula is C21H26N6O3S. The van der Waals surface area contributed by atoms with Crippen LogP contribution in [0.25, 0.3) is 11.3 Å². The van der Waals surface area contributed by atoms with Crippen LogP contribution in [-0.2, 0) is 24.1 Å². The monoisotopic (exact) mass is 442 g/mol. The first-order chi connectivity index (χ1) is 14.8. The molecule has 9 nitrogen and oxygen atoms in total. The molecule has 2 aromatic heterocycles. The van der Waals surface area contributed by atoms with Crippen molar-refractivity contribution in [2.45, 2.75) is 18.4 Å². The Bertz CT molecular complexity index is 1180. The molecule has 1 aliphatic heterocycles. The second kappa shape index (κ2) is 8.27. The van der Waals surface area contributed by atoms with E-state index in [0.717, 1.165) is 11.3 Å². The second-order valence-electron chi connectivity index (χ2n) is 7.69. The molecule has 0 saturated carbocycles. The minimum Gasteiger partial charge on any atom is -0.337 e. The van der Waals surface area contributed by atoms with E-state index in [2.05, 4.69) is 10.1 Å². The Morgan fingerprint density at radius 1 is 1.03 bits per heavy atom. The number of carbonyl (C=O) groups excluding carboxylic acids is 1. The van der Waals surface area contributed by atoms with Gasteiger partial charge in [-0.1, -0.05) is 30.3 Å². The van der Waals surface area contributed by atoms with Gasteiger partial charge < -0.3 is 9.47 Å². The van der Waals surface area contributed by atoms with Gasteiger partial charge >= 0.3 is 0 Å². The van der Waals surface area contributed by atoms with Gasteiger partial charge in [-0.05, 0) is 19.4 Å². The maximum absolute atomic E-state index is 13.2. The normalized spacial score (nSPS) is 15.8. The lowest BCUT2D eigenvalue weighted by Gasteiger charge is -2.21. The fourth-order valence-electron chi connectivity index (χ4n) is 3.70. The largest absolute Gasteiger partial charge is 0.337 e. The average molecular weight is 443 g/mol. The van der Waals surface area contributed by atoms with Crippen molar-refractivity contribution in [3.63, 3.8) is 0 Å². The summed E-state index contributed by atoms with van der Waals surface area (Å²) in [5.74, 6) is 0.487. The number of imidazole rings is 1. The van der Waals surface area contributed by atoms with Crippen LogP contribution in [-0.4, -0.2) is 69.0 Å². The Morgan fingerprint density at radius 2 is 1.77 bits per heavy atom. The summed E-state index contributed by atoms with van der Waals surface area (Å²) in [7, 11) is -0.182. The average Bonchev–Trinajstić information content (AvgIpc) is 3.19. The number of amides is 1. The number of benzene rings is 1. The second-order valence-corrected chi connectivity index (χ2v) is 9.58. The van der Waals surface area contributed by atoms with Crippen LogP contribution in [0.2, 0.25) is 0 Å².